The van der Waals surface area contributed by atoms with Crippen LogP contribution in [0.1, 0.15) is 56.6 Å². The molecular weight excluding hydrogens is 432 g/mol. The Balaban J connectivity index is 1.77. The minimum atomic E-state index is -0.374. The van der Waals surface area contributed by atoms with E-state index in [-0.39, 0.29) is 10.6 Å². The second kappa shape index (κ2) is 10.3. The maximum atomic E-state index is 11.1. The van der Waals surface area contributed by atoms with E-state index in [9.17, 15) is 10.1 Å². The summed E-state index contributed by atoms with van der Waals surface area (Å²) in [5.41, 5.74) is 6.34. The van der Waals surface area contributed by atoms with Gasteiger partial charge in [-0.05, 0) is 69.2 Å². The number of aryl methyl sites for hydroxylation is 2. The lowest BCUT2D eigenvalue weighted by Crippen LogP contribution is -2.19. The van der Waals surface area contributed by atoms with Gasteiger partial charge in [0.2, 0.25) is 4.80 Å². The smallest absolute Gasteiger partial charge is 0.258 e. The first-order chi connectivity index (χ1) is 15.9. The van der Waals surface area contributed by atoms with E-state index in [2.05, 4.69) is 32.9 Å². The second-order valence-electron chi connectivity index (χ2n) is 8.82. The molecule has 0 bridgehead atoms. The number of rotatable bonds is 6. The molecular formula is C26H30N4O2S. The molecule has 3 aromatic rings. The molecule has 1 saturated carbocycles. The van der Waals surface area contributed by atoms with Gasteiger partial charge in [0.15, 0.2) is 0 Å². The molecule has 0 atom stereocenters. The van der Waals surface area contributed by atoms with E-state index < -0.39 is 0 Å². The lowest BCUT2D eigenvalue weighted by molar-refractivity contribution is -0.384. The predicted molar refractivity (Wildman–Crippen MR) is 135 cm³/mol. The van der Waals surface area contributed by atoms with Gasteiger partial charge < -0.3 is 0 Å². The molecule has 6 nitrogen and oxygen atoms in total. The van der Waals surface area contributed by atoms with E-state index in [1.165, 1.54) is 37.0 Å². The Morgan fingerprint density at radius 2 is 1.85 bits per heavy atom. The summed E-state index contributed by atoms with van der Waals surface area (Å²) in [4.78, 5) is 16.5. The van der Waals surface area contributed by atoms with Gasteiger partial charge in [0.25, 0.3) is 5.69 Å². The van der Waals surface area contributed by atoms with Crippen molar-refractivity contribution in [3.05, 3.63) is 73.9 Å². The van der Waals surface area contributed by atoms with Gasteiger partial charge in [-0.1, -0.05) is 37.5 Å². The van der Waals surface area contributed by atoms with Gasteiger partial charge in [-0.25, -0.2) is 9.67 Å². The van der Waals surface area contributed by atoms with Crippen LogP contribution in [0.25, 0.3) is 11.3 Å². The van der Waals surface area contributed by atoms with Gasteiger partial charge in [0, 0.05) is 28.8 Å². The molecule has 0 unspecified atom stereocenters. The average Bonchev–Trinajstić information content (AvgIpc) is 3.19. The maximum Gasteiger partial charge on any atom is 0.269 e. The summed E-state index contributed by atoms with van der Waals surface area (Å²) in [7, 11) is 0. The molecule has 0 saturated heterocycles. The molecule has 0 aliphatic heterocycles. The third-order valence-electron chi connectivity index (χ3n) is 6.25. The number of thiazole rings is 1. The monoisotopic (exact) mass is 462 g/mol. The topological polar surface area (TPSA) is 72.8 Å². The third-order valence-corrected chi connectivity index (χ3v) is 7.06. The number of non-ortho nitro benzene ring substituents is 1. The second-order valence-corrected chi connectivity index (χ2v) is 9.66. The molecule has 7 heteroatoms. The highest BCUT2D eigenvalue weighted by molar-refractivity contribution is 7.07. The molecule has 1 aromatic heterocycles. The van der Waals surface area contributed by atoms with Crippen LogP contribution >= 0.6 is 11.3 Å². The van der Waals surface area contributed by atoms with Crippen LogP contribution in [0, 0.1) is 29.9 Å². The number of aromatic nitrogens is 1. The van der Waals surface area contributed by atoms with Crippen molar-refractivity contribution in [2.75, 3.05) is 0 Å². The summed E-state index contributed by atoms with van der Waals surface area (Å²) >= 11 is 1.54. The molecule has 0 radical (unpaired) electrons. The highest BCUT2D eigenvalue weighted by atomic mass is 32.1. The number of nitro groups is 1. The fraction of sp³-hybridized carbons (Fsp3) is 0.385. The van der Waals surface area contributed by atoms with Crippen molar-refractivity contribution in [1.29, 1.82) is 0 Å². The molecule has 2 aromatic carbocycles. The largest absolute Gasteiger partial charge is 0.269 e. The number of hydrogen-bond acceptors (Lipinski definition) is 5. The zero-order valence-corrected chi connectivity index (χ0v) is 20.3. The number of benzene rings is 2. The molecule has 33 heavy (non-hydrogen) atoms. The molecule has 0 N–H and O–H groups in total. The highest BCUT2D eigenvalue weighted by Crippen LogP contribution is 2.28. The summed E-state index contributed by atoms with van der Waals surface area (Å²) in [5, 5.41) is 18.2. The Morgan fingerprint density at radius 1 is 1.12 bits per heavy atom. The van der Waals surface area contributed by atoms with Crippen LogP contribution in [0.4, 0.5) is 11.4 Å². The van der Waals surface area contributed by atoms with Crippen LogP contribution in [0.3, 0.4) is 0 Å². The van der Waals surface area contributed by atoms with E-state index in [1.54, 1.807) is 35.6 Å². The van der Waals surface area contributed by atoms with Gasteiger partial charge in [0.05, 0.1) is 16.3 Å². The van der Waals surface area contributed by atoms with Crippen molar-refractivity contribution in [1.82, 2.24) is 4.68 Å². The highest BCUT2D eigenvalue weighted by Gasteiger charge is 2.18. The minimum Gasteiger partial charge on any atom is -0.258 e. The summed E-state index contributed by atoms with van der Waals surface area (Å²) in [6.07, 6.45) is 6.92. The van der Waals surface area contributed by atoms with Crippen LogP contribution < -0.4 is 4.80 Å². The lowest BCUT2D eigenvalue weighted by atomic mass is 9.85. The first-order valence-electron chi connectivity index (χ1n) is 11.6. The first-order valence-corrected chi connectivity index (χ1v) is 12.5. The fourth-order valence-electron chi connectivity index (χ4n) is 4.41. The van der Waals surface area contributed by atoms with Crippen molar-refractivity contribution in [3.63, 3.8) is 0 Å². The molecule has 1 fully saturated rings. The third kappa shape index (κ3) is 5.47. The maximum absolute atomic E-state index is 11.1. The van der Waals surface area contributed by atoms with Crippen LogP contribution in [0.15, 0.2) is 57.9 Å². The van der Waals surface area contributed by atoms with Gasteiger partial charge in [0.1, 0.15) is 0 Å². The Bertz CT molecular complexity index is 1230. The molecule has 4 rings (SSSR count). The minimum absolute atomic E-state index is 0.0845. The van der Waals surface area contributed by atoms with Crippen LogP contribution in [0.2, 0.25) is 0 Å². The summed E-state index contributed by atoms with van der Waals surface area (Å²) in [6, 6.07) is 12.9. The van der Waals surface area contributed by atoms with Crippen molar-refractivity contribution >= 4 is 28.4 Å². The summed E-state index contributed by atoms with van der Waals surface area (Å²) in [5.74, 6) is 0.801. The van der Waals surface area contributed by atoms with E-state index in [1.807, 2.05) is 16.1 Å². The molecule has 1 aliphatic carbocycles. The molecule has 1 heterocycles. The Morgan fingerprint density at radius 3 is 2.48 bits per heavy atom. The fourth-order valence-corrected chi connectivity index (χ4v) is 5.25. The van der Waals surface area contributed by atoms with Crippen molar-refractivity contribution in [3.8, 4) is 11.3 Å². The number of nitrogens with zero attached hydrogens (tertiary/aromatic N) is 4. The van der Waals surface area contributed by atoms with Gasteiger partial charge in [-0.3, -0.25) is 10.1 Å². The van der Waals surface area contributed by atoms with Crippen LogP contribution in [-0.2, 0) is 0 Å². The molecule has 1 aliphatic rings. The molecule has 0 spiro atoms. The quantitative estimate of drug-likeness (QED) is 0.288. The van der Waals surface area contributed by atoms with Crippen molar-refractivity contribution < 1.29 is 4.92 Å². The van der Waals surface area contributed by atoms with Gasteiger partial charge in [-0.15, -0.1) is 11.3 Å². The standard InChI is InChI=1S/C26H30N4O2S/c1-4-5-20-7-11-22(12-8-20)28-29-25(21-9-13-23(14-10-21)30(31)32)17-33-26(29)27-24-15-6-18(2)16-19(24)3/h6,9-10,13-17,20H,4-5,7-8,11-12H2,1-3H3. The van der Waals surface area contributed by atoms with E-state index >= 15 is 0 Å². The SMILES string of the molecule is CCCC1CCC(=Nn2c(-c3ccc([N+](=O)[O-])cc3)csc2=Nc2ccc(C)cc2C)CC1. The average molecular weight is 463 g/mol. The molecule has 0 amide bonds. The van der Waals surface area contributed by atoms with Crippen LogP contribution in [0.5, 0.6) is 0 Å². The molecule has 172 valence electrons. The Kier molecular flexibility index (Phi) is 7.18. The van der Waals surface area contributed by atoms with E-state index in [4.69, 9.17) is 10.1 Å². The zero-order valence-electron chi connectivity index (χ0n) is 19.5. The predicted octanol–water partition coefficient (Wildman–Crippen LogP) is 7.17. The summed E-state index contributed by atoms with van der Waals surface area (Å²) in [6.45, 7) is 6.40. The number of nitro benzene ring substituents is 1. The number of hydrogen-bond donors (Lipinski definition) is 0. The Hall–Kier alpha value is -3.06. The van der Waals surface area contributed by atoms with Gasteiger partial charge in [-0.2, -0.15) is 5.10 Å². The normalized spacial score (nSPS) is 16.8. The Labute approximate surface area is 198 Å². The first kappa shape index (κ1) is 23.1. The van der Waals surface area contributed by atoms with Crippen molar-refractivity contribution in [2.24, 2.45) is 16.0 Å². The lowest BCUT2D eigenvalue weighted by Gasteiger charge is -2.22. The van der Waals surface area contributed by atoms with Crippen LogP contribution in [-0.4, -0.2) is 15.3 Å². The van der Waals surface area contributed by atoms with Gasteiger partial charge >= 0.3 is 0 Å². The zero-order chi connectivity index (χ0) is 23.4. The van der Waals surface area contributed by atoms with E-state index in [0.717, 1.165) is 46.1 Å². The van der Waals surface area contributed by atoms with Crippen molar-refractivity contribution in [2.45, 2.75) is 59.3 Å². The summed E-state index contributed by atoms with van der Waals surface area (Å²) < 4.78 is 1.93. The van der Waals surface area contributed by atoms with E-state index in [0.29, 0.717) is 0 Å².